The van der Waals surface area contributed by atoms with Crippen molar-refractivity contribution < 1.29 is 23.8 Å². The lowest BCUT2D eigenvalue weighted by atomic mass is 10.0. The first-order valence-corrected chi connectivity index (χ1v) is 12.0. The zero-order valence-electron chi connectivity index (χ0n) is 19.8. The first-order chi connectivity index (χ1) is 16.9. The van der Waals surface area contributed by atoms with E-state index in [9.17, 15) is 14.7 Å². The van der Waals surface area contributed by atoms with E-state index >= 15 is 4.39 Å². The van der Waals surface area contributed by atoms with Crippen molar-refractivity contribution in [3.05, 3.63) is 52.6 Å². The Balaban J connectivity index is 1.56. The Morgan fingerprint density at radius 3 is 2.83 bits per heavy atom. The quantitative estimate of drug-likeness (QED) is 0.598. The van der Waals surface area contributed by atoms with Gasteiger partial charge in [-0.2, -0.15) is 5.10 Å². The molecule has 5 rings (SSSR count). The van der Waals surface area contributed by atoms with Crippen molar-refractivity contribution >= 4 is 23.6 Å². The number of amides is 1. The SMILES string of the molecule is CCc1cc(C(=O)N2CCCCC[C@H]2C)nc2cc(-c3ccc4c(c3F)C=C(C(=O)O)CO4)nn12. The summed E-state index contributed by atoms with van der Waals surface area (Å²) in [5.41, 5.74) is 2.22. The monoisotopic (exact) mass is 478 g/mol. The molecule has 1 amide bonds. The molecule has 1 aromatic carbocycles. The van der Waals surface area contributed by atoms with Crippen LogP contribution in [0.2, 0.25) is 0 Å². The van der Waals surface area contributed by atoms with Crippen LogP contribution in [0.25, 0.3) is 23.0 Å². The van der Waals surface area contributed by atoms with Gasteiger partial charge < -0.3 is 14.7 Å². The van der Waals surface area contributed by atoms with Crippen LogP contribution in [0.4, 0.5) is 4.39 Å². The smallest absolute Gasteiger partial charge is 0.335 e. The van der Waals surface area contributed by atoms with Crippen LogP contribution < -0.4 is 4.74 Å². The number of halogens is 1. The molecule has 0 unspecified atom stereocenters. The predicted molar refractivity (Wildman–Crippen MR) is 128 cm³/mol. The van der Waals surface area contributed by atoms with E-state index in [-0.39, 0.29) is 41.0 Å². The highest BCUT2D eigenvalue weighted by Gasteiger charge is 2.26. The summed E-state index contributed by atoms with van der Waals surface area (Å²) < 4.78 is 22.5. The number of carbonyl (C=O) groups excluding carboxylic acids is 1. The van der Waals surface area contributed by atoms with Crippen LogP contribution in [0, 0.1) is 5.82 Å². The van der Waals surface area contributed by atoms with Gasteiger partial charge in [0.05, 0.1) is 16.8 Å². The largest absolute Gasteiger partial charge is 0.488 e. The van der Waals surface area contributed by atoms with Gasteiger partial charge >= 0.3 is 5.97 Å². The number of fused-ring (bicyclic) bond motifs is 2. The molecular weight excluding hydrogens is 451 g/mol. The van der Waals surface area contributed by atoms with Crippen LogP contribution in [-0.2, 0) is 11.2 Å². The number of likely N-dealkylation sites (tertiary alicyclic amines) is 1. The minimum absolute atomic E-state index is 0.0237. The molecule has 182 valence electrons. The van der Waals surface area contributed by atoms with E-state index in [2.05, 4.69) is 17.0 Å². The molecule has 35 heavy (non-hydrogen) atoms. The van der Waals surface area contributed by atoms with Gasteiger partial charge in [0.1, 0.15) is 23.9 Å². The molecule has 8 nitrogen and oxygen atoms in total. The predicted octanol–water partition coefficient (Wildman–Crippen LogP) is 4.36. The molecule has 0 aliphatic carbocycles. The maximum absolute atomic E-state index is 15.5. The second-order valence-corrected chi connectivity index (χ2v) is 9.09. The summed E-state index contributed by atoms with van der Waals surface area (Å²) >= 11 is 0. The van der Waals surface area contributed by atoms with Crippen LogP contribution in [0.15, 0.2) is 29.8 Å². The fraction of sp³-hybridized carbons (Fsp3) is 0.385. The lowest BCUT2D eigenvalue weighted by Gasteiger charge is -2.27. The van der Waals surface area contributed by atoms with Crippen molar-refractivity contribution in [2.24, 2.45) is 0 Å². The van der Waals surface area contributed by atoms with Crippen LogP contribution in [0.5, 0.6) is 5.75 Å². The minimum atomic E-state index is -1.15. The molecular formula is C26H27FN4O4. The molecule has 3 aromatic rings. The van der Waals surface area contributed by atoms with E-state index in [1.165, 1.54) is 6.08 Å². The molecule has 1 atom stereocenters. The third-order valence-corrected chi connectivity index (χ3v) is 6.79. The van der Waals surface area contributed by atoms with Crippen LogP contribution in [0.3, 0.4) is 0 Å². The third kappa shape index (κ3) is 4.15. The lowest BCUT2D eigenvalue weighted by Crippen LogP contribution is -2.38. The molecule has 0 bridgehead atoms. The number of carboxylic acid groups (broad SMARTS) is 1. The number of benzene rings is 1. The molecule has 1 N–H and O–H groups in total. The Labute approximate surface area is 202 Å². The summed E-state index contributed by atoms with van der Waals surface area (Å²) in [4.78, 5) is 31.2. The van der Waals surface area contributed by atoms with E-state index in [0.29, 0.717) is 30.0 Å². The van der Waals surface area contributed by atoms with E-state index < -0.39 is 11.8 Å². The number of aliphatic carboxylic acids is 1. The molecule has 0 spiro atoms. The van der Waals surface area contributed by atoms with Crippen molar-refractivity contribution in [1.82, 2.24) is 19.5 Å². The number of carboxylic acids is 1. The van der Waals surface area contributed by atoms with Crippen molar-refractivity contribution in [2.75, 3.05) is 13.2 Å². The van der Waals surface area contributed by atoms with Crippen LogP contribution in [0.1, 0.15) is 61.3 Å². The second-order valence-electron chi connectivity index (χ2n) is 9.09. The topological polar surface area (TPSA) is 97.0 Å². The first-order valence-electron chi connectivity index (χ1n) is 12.0. The first kappa shape index (κ1) is 23.0. The Morgan fingerprint density at radius 1 is 1.23 bits per heavy atom. The zero-order chi connectivity index (χ0) is 24.7. The number of nitrogens with zero attached hydrogens (tertiary/aromatic N) is 4. The average Bonchev–Trinajstić information content (AvgIpc) is 3.17. The number of hydrogen-bond acceptors (Lipinski definition) is 5. The second kappa shape index (κ2) is 9.13. The Morgan fingerprint density at radius 2 is 2.06 bits per heavy atom. The molecule has 1 saturated heterocycles. The average molecular weight is 479 g/mol. The molecule has 0 radical (unpaired) electrons. The standard InChI is InChI=1S/C26H27FN4O4/c1-3-17-12-21(25(32)30-10-6-4-5-7-15(30)2)28-23-13-20(29-31(17)23)18-8-9-22-19(24(18)27)11-16(14-35-22)26(33)34/h8-9,11-13,15H,3-7,10,14H2,1-2H3,(H,33,34)/t15-/m1/s1. The summed E-state index contributed by atoms with van der Waals surface area (Å²) in [6.45, 7) is 4.64. The van der Waals surface area contributed by atoms with Gasteiger partial charge in [0.25, 0.3) is 5.91 Å². The third-order valence-electron chi connectivity index (χ3n) is 6.79. The molecule has 1 fully saturated rings. The Kier molecular flexibility index (Phi) is 6.00. The highest BCUT2D eigenvalue weighted by Crippen LogP contribution is 2.35. The highest BCUT2D eigenvalue weighted by molar-refractivity contribution is 5.94. The number of ether oxygens (including phenoxy) is 1. The Bertz CT molecular complexity index is 1360. The van der Waals surface area contributed by atoms with Crippen molar-refractivity contribution in [3.63, 3.8) is 0 Å². The van der Waals surface area contributed by atoms with Crippen molar-refractivity contribution in [2.45, 2.75) is 52.0 Å². The van der Waals surface area contributed by atoms with E-state index in [0.717, 1.165) is 31.4 Å². The van der Waals surface area contributed by atoms with Gasteiger partial charge in [0, 0.05) is 29.9 Å². The number of rotatable bonds is 4. The van der Waals surface area contributed by atoms with Crippen molar-refractivity contribution in [3.8, 4) is 17.0 Å². The fourth-order valence-corrected chi connectivity index (χ4v) is 4.78. The summed E-state index contributed by atoms with van der Waals surface area (Å²) in [6.07, 6.45) is 6.10. The zero-order valence-corrected chi connectivity index (χ0v) is 19.8. The lowest BCUT2D eigenvalue weighted by molar-refractivity contribution is -0.132. The van der Waals surface area contributed by atoms with Gasteiger partial charge in [0.15, 0.2) is 5.65 Å². The number of aromatic nitrogens is 3. The summed E-state index contributed by atoms with van der Waals surface area (Å²) in [5, 5.41) is 13.8. The van der Waals surface area contributed by atoms with Gasteiger partial charge in [-0.25, -0.2) is 18.7 Å². The van der Waals surface area contributed by atoms with E-state index in [1.807, 2.05) is 11.8 Å². The maximum Gasteiger partial charge on any atom is 0.335 e. The van der Waals surface area contributed by atoms with Gasteiger partial charge in [-0.15, -0.1) is 0 Å². The fourth-order valence-electron chi connectivity index (χ4n) is 4.78. The molecule has 2 aromatic heterocycles. The number of hydrogen-bond donors (Lipinski definition) is 1. The minimum Gasteiger partial charge on any atom is -0.488 e. The maximum atomic E-state index is 15.5. The number of aryl methyl sites for hydroxylation is 1. The van der Waals surface area contributed by atoms with Gasteiger partial charge in [-0.05, 0) is 50.5 Å². The molecule has 4 heterocycles. The van der Waals surface area contributed by atoms with Gasteiger partial charge in [-0.3, -0.25) is 4.79 Å². The summed E-state index contributed by atoms with van der Waals surface area (Å²) in [6, 6.07) is 6.74. The van der Waals surface area contributed by atoms with Crippen molar-refractivity contribution in [1.29, 1.82) is 0 Å². The molecule has 2 aliphatic rings. The Hall–Kier alpha value is -3.75. The van der Waals surface area contributed by atoms with Crippen LogP contribution in [-0.4, -0.2) is 55.7 Å². The van der Waals surface area contributed by atoms with Gasteiger partial charge in [-0.1, -0.05) is 19.8 Å². The summed E-state index contributed by atoms with van der Waals surface area (Å²) in [5.74, 6) is -1.58. The molecule has 9 heteroatoms. The van der Waals surface area contributed by atoms with Crippen LogP contribution >= 0.6 is 0 Å². The highest BCUT2D eigenvalue weighted by atomic mass is 19.1. The number of carbonyl (C=O) groups is 2. The normalized spacial score (nSPS) is 18.0. The molecule has 0 saturated carbocycles. The van der Waals surface area contributed by atoms with E-state index in [1.54, 1.807) is 28.8 Å². The summed E-state index contributed by atoms with van der Waals surface area (Å²) in [7, 11) is 0. The molecule has 2 aliphatic heterocycles. The van der Waals surface area contributed by atoms with Gasteiger partial charge in [0.2, 0.25) is 0 Å². The van der Waals surface area contributed by atoms with E-state index in [4.69, 9.17) is 4.74 Å².